The van der Waals surface area contributed by atoms with Gasteiger partial charge in [-0.1, -0.05) is 51.5 Å². The van der Waals surface area contributed by atoms with Crippen molar-refractivity contribution in [3.05, 3.63) is 35.4 Å². The van der Waals surface area contributed by atoms with Gasteiger partial charge in [-0.3, -0.25) is 4.79 Å². The Kier molecular flexibility index (Phi) is 6.03. The number of hydrogen-bond acceptors (Lipinski definition) is 2. The van der Waals surface area contributed by atoms with Gasteiger partial charge >= 0.3 is 0 Å². The van der Waals surface area contributed by atoms with Crippen molar-refractivity contribution < 1.29 is 9.90 Å². The second-order valence-electron chi connectivity index (χ2n) is 5.58. The minimum Gasteiger partial charge on any atom is -0.396 e. The van der Waals surface area contributed by atoms with Crippen LogP contribution < -0.4 is 5.32 Å². The smallest absolute Gasteiger partial charge is 0.222 e. The van der Waals surface area contributed by atoms with E-state index in [0.717, 1.165) is 12.8 Å². The number of aliphatic hydroxyl groups is 1. The van der Waals surface area contributed by atoms with E-state index in [2.05, 4.69) is 50.4 Å². The second kappa shape index (κ2) is 7.29. The summed E-state index contributed by atoms with van der Waals surface area (Å²) in [6.45, 7) is 6.88. The zero-order chi connectivity index (χ0) is 14.3. The molecule has 1 aromatic carbocycles. The van der Waals surface area contributed by atoms with Gasteiger partial charge in [0.2, 0.25) is 5.91 Å². The van der Waals surface area contributed by atoms with Crippen molar-refractivity contribution in [3.8, 4) is 0 Å². The van der Waals surface area contributed by atoms with E-state index in [1.807, 2.05) is 0 Å². The maximum atomic E-state index is 11.4. The standard InChI is InChI=1S/C16H25NO2/c1-4-5-13-6-8-14(9-7-13)16(2,3)12-17-15(19)10-11-18/h6-9,18H,4-5,10-12H2,1-3H3,(H,17,19). The van der Waals surface area contributed by atoms with E-state index in [1.54, 1.807) is 0 Å². The summed E-state index contributed by atoms with van der Waals surface area (Å²) in [7, 11) is 0. The molecule has 0 saturated carbocycles. The predicted octanol–water partition coefficient (Wildman–Crippen LogP) is 2.42. The highest BCUT2D eigenvalue weighted by atomic mass is 16.3. The Morgan fingerprint density at radius 3 is 2.42 bits per heavy atom. The molecule has 3 heteroatoms. The Labute approximate surface area is 116 Å². The van der Waals surface area contributed by atoms with E-state index in [-0.39, 0.29) is 24.3 Å². The quantitative estimate of drug-likeness (QED) is 0.793. The summed E-state index contributed by atoms with van der Waals surface area (Å²) in [5.74, 6) is -0.0989. The van der Waals surface area contributed by atoms with Crippen LogP contribution in [0.4, 0.5) is 0 Å². The molecule has 19 heavy (non-hydrogen) atoms. The van der Waals surface area contributed by atoms with Gasteiger partial charge in [0.15, 0.2) is 0 Å². The van der Waals surface area contributed by atoms with Gasteiger partial charge in [0.1, 0.15) is 0 Å². The zero-order valence-electron chi connectivity index (χ0n) is 12.2. The van der Waals surface area contributed by atoms with Gasteiger partial charge in [-0.25, -0.2) is 0 Å². The van der Waals surface area contributed by atoms with Gasteiger partial charge in [-0.2, -0.15) is 0 Å². The molecule has 0 unspecified atom stereocenters. The lowest BCUT2D eigenvalue weighted by atomic mass is 9.84. The monoisotopic (exact) mass is 263 g/mol. The maximum absolute atomic E-state index is 11.4. The largest absolute Gasteiger partial charge is 0.396 e. The second-order valence-corrected chi connectivity index (χ2v) is 5.58. The fraction of sp³-hybridized carbons (Fsp3) is 0.562. The lowest BCUT2D eigenvalue weighted by molar-refractivity contribution is -0.121. The average Bonchev–Trinajstić information content (AvgIpc) is 2.38. The molecule has 0 aromatic heterocycles. The van der Waals surface area contributed by atoms with Crippen LogP contribution in [0.3, 0.4) is 0 Å². The Morgan fingerprint density at radius 2 is 1.89 bits per heavy atom. The topological polar surface area (TPSA) is 49.3 Å². The first kappa shape index (κ1) is 15.7. The number of carbonyl (C=O) groups excluding carboxylic acids is 1. The molecule has 0 aliphatic carbocycles. The molecule has 106 valence electrons. The first-order chi connectivity index (χ1) is 8.99. The van der Waals surface area contributed by atoms with Crippen LogP contribution in [0.2, 0.25) is 0 Å². The van der Waals surface area contributed by atoms with Crippen molar-refractivity contribution in [2.24, 2.45) is 0 Å². The number of aliphatic hydroxyl groups excluding tert-OH is 1. The summed E-state index contributed by atoms with van der Waals surface area (Å²) in [5.41, 5.74) is 2.47. The molecule has 0 aliphatic heterocycles. The minimum absolute atomic E-state index is 0.0989. The van der Waals surface area contributed by atoms with E-state index in [0.29, 0.717) is 6.54 Å². The summed E-state index contributed by atoms with van der Waals surface area (Å²) in [6.07, 6.45) is 2.43. The number of hydrogen-bond donors (Lipinski definition) is 2. The number of carbonyl (C=O) groups is 1. The number of amides is 1. The van der Waals surface area contributed by atoms with Crippen molar-refractivity contribution in [1.29, 1.82) is 0 Å². The van der Waals surface area contributed by atoms with Gasteiger partial charge < -0.3 is 10.4 Å². The van der Waals surface area contributed by atoms with Crippen LogP contribution in [0.1, 0.15) is 44.7 Å². The molecule has 0 bridgehead atoms. The normalized spacial score (nSPS) is 11.4. The summed E-state index contributed by atoms with van der Waals surface area (Å²) < 4.78 is 0. The van der Waals surface area contributed by atoms with Crippen molar-refractivity contribution in [2.75, 3.05) is 13.2 Å². The van der Waals surface area contributed by atoms with E-state index in [4.69, 9.17) is 5.11 Å². The molecule has 0 spiro atoms. The average molecular weight is 263 g/mol. The number of rotatable bonds is 7. The van der Waals surface area contributed by atoms with Gasteiger partial charge in [0.25, 0.3) is 0 Å². The van der Waals surface area contributed by atoms with Crippen molar-refractivity contribution in [2.45, 2.75) is 45.4 Å². The maximum Gasteiger partial charge on any atom is 0.222 e. The Balaban J connectivity index is 2.63. The van der Waals surface area contributed by atoms with Crippen LogP contribution >= 0.6 is 0 Å². The third-order valence-corrected chi connectivity index (χ3v) is 3.34. The summed E-state index contributed by atoms with van der Waals surface area (Å²) in [4.78, 5) is 11.4. The molecule has 0 saturated heterocycles. The fourth-order valence-corrected chi connectivity index (χ4v) is 2.02. The third kappa shape index (κ3) is 5.03. The van der Waals surface area contributed by atoms with E-state index in [1.165, 1.54) is 11.1 Å². The predicted molar refractivity (Wildman–Crippen MR) is 78.2 cm³/mol. The molecule has 3 nitrogen and oxygen atoms in total. The number of nitrogens with one attached hydrogen (secondary N) is 1. The molecule has 0 radical (unpaired) electrons. The lowest BCUT2D eigenvalue weighted by Crippen LogP contribution is -2.36. The zero-order valence-corrected chi connectivity index (χ0v) is 12.2. The highest BCUT2D eigenvalue weighted by molar-refractivity contribution is 5.76. The van der Waals surface area contributed by atoms with Gasteiger partial charge in [-0.15, -0.1) is 0 Å². The summed E-state index contributed by atoms with van der Waals surface area (Å²) >= 11 is 0. The lowest BCUT2D eigenvalue weighted by Gasteiger charge is -2.26. The van der Waals surface area contributed by atoms with Crippen LogP contribution in [0.25, 0.3) is 0 Å². The van der Waals surface area contributed by atoms with Crippen LogP contribution in [-0.2, 0) is 16.6 Å². The van der Waals surface area contributed by atoms with Crippen molar-refractivity contribution >= 4 is 5.91 Å². The highest BCUT2D eigenvalue weighted by Crippen LogP contribution is 2.23. The molecular formula is C16H25NO2. The SMILES string of the molecule is CCCc1ccc(C(C)(C)CNC(=O)CCO)cc1. The van der Waals surface area contributed by atoms with Crippen molar-refractivity contribution in [3.63, 3.8) is 0 Å². The van der Waals surface area contributed by atoms with Crippen LogP contribution in [0, 0.1) is 0 Å². The molecule has 0 fully saturated rings. The van der Waals surface area contributed by atoms with Gasteiger partial charge in [0, 0.05) is 18.4 Å². The number of aryl methyl sites for hydroxylation is 1. The number of benzene rings is 1. The summed E-state index contributed by atoms with van der Waals surface area (Å²) in [5, 5.41) is 11.6. The van der Waals surface area contributed by atoms with Gasteiger partial charge in [-0.05, 0) is 17.5 Å². The Hall–Kier alpha value is -1.35. The van der Waals surface area contributed by atoms with Crippen LogP contribution in [-0.4, -0.2) is 24.2 Å². The molecule has 1 amide bonds. The first-order valence-electron chi connectivity index (χ1n) is 6.96. The van der Waals surface area contributed by atoms with E-state index < -0.39 is 0 Å². The molecule has 0 aliphatic rings. The third-order valence-electron chi connectivity index (χ3n) is 3.34. The van der Waals surface area contributed by atoms with Gasteiger partial charge in [0.05, 0.1) is 6.61 Å². The first-order valence-corrected chi connectivity index (χ1v) is 6.96. The molecule has 1 aromatic rings. The van der Waals surface area contributed by atoms with E-state index >= 15 is 0 Å². The van der Waals surface area contributed by atoms with Crippen LogP contribution in [0.15, 0.2) is 24.3 Å². The summed E-state index contributed by atoms with van der Waals surface area (Å²) in [6, 6.07) is 8.61. The molecule has 0 atom stereocenters. The highest BCUT2D eigenvalue weighted by Gasteiger charge is 2.21. The molecular weight excluding hydrogens is 238 g/mol. The van der Waals surface area contributed by atoms with Crippen molar-refractivity contribution in [1.82, 2.24) is 5.32 Å². The molecule has 2 N–H and O–H groups in total. The Bertz CT molecular complexity index is 396. The van der Waals surface area contributed by atoms with E-state index in [9.17, 15) is 4.79 Å². The minimum atomic E-state index is -0.101. The van der Waals surface area contributed by atoms with Crippen LogP contribution in [0.5, 0.6) is 0 Å². The fourth-order valence-electron chi connectivity index (χ4n) is 2.02. The molecule has 1 rings (SSSR count). The molecule has 0 heterocycles. The Morgan fingerprint density at radius 1 is 1.26 bits per heavy atom.